The average Bonchev–Trinajstić information content (AvgIpc) is 2.49. The van der Waals surface area contributed by atoms with Gasteiger partial charge in [0.15, 0.2) is 0 Å². The van der Waals surface area contributed by atoms with Crippen LogP contribution in [0, 0.1) is 23.7 Å². The van der Waals surface area contributed by atoms with Crippen molar-refractivity contribution >= 4 is 5.97 Å². The fraction of sp³-hybridized carbons (Fsp3) is 0.941. The van der Waals surface area contributed by atoms with Gasteiger partial charge in [0.25, 0.3) is 0 Å². The van der Waals surface area contributed by atoms with Crippen molar-refractivity contribution in [1.29, 1.82) is 0 Å². The van der Waals surface area contributed by atoms with Crippen LogP contribution in [0.25, 0.3) is 0 Å². The van der Waals surface area contributed by atoms with E-state index in [0.29, 0.717) is 18.3 Å². The summed E-state index contributed by atoms with van der Waals surface area (Å²) in [7, 11) is 0. The molecule has 118 valence electrons. The van der Waals surface area contributed by atoms with Crippen LogP contribution in [0.2, 0.25) is 0 Å². The van der Waals surface area contributed by atoms with Gasteiger partial charge in [0.1, 0.15) is 6.10 Å². The maximum Gasteiger partial charge on any atom is 0.307 e. The van der Waals surface area contributed by atoms with E-state index in [1.807, 2.05) is 0 Å². The van der Waals surface area contributed by atoms with E-state index in [1.54, 1.807) is 0 Å². The molecule has 4 nitrogen and oxygen atoms in total. The lowest BCUT2D eigenvalue weighted by Gasteiger charge is -2.53. The molecular weight excluding hydrogens is 266 g/mol. The maximum atomic E-state index is 12.2. The molecule has 0 amide bonds. The Balaban J connectivity index is 1.26. The molecule has 5 fully saturated rings. The SMILES string of the molecule is O=C(CCN1CCOCC1)OC1C2CC3CC(C2)CC1C3. The second-order valence-corrected chi connectivity index (χ2v) is 7.59. The van der Waals surface area contributed by atoms with Gasteiger partial charge in [-0.3, -0.25) is 9.69 Å². The van der Waals surface area contributed by atoms with E-state index in [1.165, 1.54) is 32.1 Å². The van der Waals surface area contributed by atoms with Gasteiger partial charge in [-0.1, -0.05) is 0 Å². The van der Waals surface area contributed by atoms with Crippen molar-refractivity contribution in [3.63, 3.8) is 0 Å². The van der Waals surface area contributed by atoms with E-state index in [9.17, 15) is 4.79 Å². The van der Waals surface area contributed by atoms with Crippen molar-refractivity contribution in [3.05, 3.63) is 0 Å². The van der Waals surface area contributed by atoms with E-state index in [0.717, 1.165) is 44.7 Å². The number of carbonyl (C=O) groups is 1. The average molecular weight is 293 g/mol. The molecule has 0 atom stereocenters. The first kappa shape index (κ1) is 14.0. The van der Waals surface area contributed by atoms with Crippen LogP contribution in [0.15, 0.2) is 0 Å². The highest BCUT2D eigenvalue weighted by Gasteiger charge is 2.49. The summed E-state index contributed by atoms with van der Waals surface area (Å²) >= 11 is 0. The van der Waals surface area contributed by atoms with Crippen molar-refractivity contribution in [2.24, 2.45) is 23.7 Å². The Morgan fingerprint density at radius 2 is 1.62 bits per heavy atom. The highest BCUT2D eigenvalue weighted by molar-refractivity contribution is 5.69. The molecule has 0 radical (unpaired) electrons. The molecule has 1 aliphatic heterocycles. The first-order valence-electron chi connectivity index (χ1n) is 8.77. The minimum Gasteiger partial charge on any atom is -0.462 e. The molecule has 4 heteroatoms. The molecule has 21 heavy (non-hydrogen) atoms. The van der Waals surface area contributed by atoms with Crippen LogP contribution < -0.4 is 0 Å². The molecule has 5 aliphatic rings. The van der Waals surface area contributed by atoms with Crippen molar-refractivity contribution in [1.82, 2.24) is 4.90 Å². The molecule has 0 N–H and O–H groups in total. The first-order valence-corrected chi connectivity index (χ1v) is 8.77. The third kappa shape index (κ3) is 2.98. The third-order valence-corrected chi connectivity index (χ3v) is 6.14. The molecule has 4 saturated carbocycles. The number of hydrogen-bond donors (Lipinski definition) is 0. The molecule has 0 spiro atoms. The van der Waals surface area contributed by atoms with E-state index < -0.39 is 0 Å². The Kier molecular flexibility index (Phi) is 3.92. The minimum absolute atomic E-state index is 0.0268. The summed E-state index contributed by atoms with van der Waals surface area (Å²) in [5.41, 5.74) is 0. The summed E-state index contributed by atoms with van der Waals surface area (Å²) in [6, 6.07) is 0. The van der Waals surface area contributed by atoms with Gasteiger partial charge in [0, 0.05) is 19.6 Å². The Hall–Kier alpha value is -0.610. The zero-order valence-corrected chi connectivity index (χ0v) is 12.8. The molecule has 0 aromatic rings. The second-order valence-electron chi connectivity index (χ2n) is 7.59. The van der Waals surface area contributed by atoms with Crippen molar-refractivity contribution < 1.29 is 14.3 Å². The summed E-state index contributed by atoms with van der Waals surface area (Å²) in [5, 5.41) is 0. The fourth-order valence-corrected chi connectivity index (χ4v) is 5.35. The normalized spacial score (nSPS) is 42.2. The standard InChI is InChI=1S/C17H27NO3/c19-16(1-2-18-3-5-20-6-4-18)21-17-14-8-12-7-13(10-14)11-15(17)9-12/h12-15,17H,1-11H2. The smallest absolute Gasteiger partial charge is 0.307 e. The minimum atomic E-state index is 0.0268. The van der Waals surface area contributed by atoms with E-state index in [4.69, 9.17) is 9.47 Å². The second kappa shape index (κ2) is 5.88. The topological polar surface area (TPSA) is 38.8 Å². The van der Waals surface area contributed by atoms with Gasteiger partial charge in [0.2, 0.25) is 0 Å². The quantitative estimate of drug-likeness (QED) is 0.744. The molecule has 5 rings (SSSR count). The Labute approximate surface area is 127 Å². The van der Waals surface area contributed by atoms with E-state index in [-0.39, 0.29) is 12.1 Å². The van der Waals surface area contributed by atoms with Gasteiger partial charge in [-0.15, -0.1) is 0 Å². The van der Waals surface area contributed by atoms with Crippen molar-refractivity contribution in [2.75, 3.05) is 32.8 Å². The molecule has 0 aromatic heterocycles. The highest BCUT2D eigenvalue weighted by Crippen LogP contribution is 2.54. The van der Waals surface area contributed by atoms with Gasteiger partial charge in [-0.25, -0.2) is 0 Å². The van der Waals surface area contributed by atoms with Crippen LogP contribution in [0.5, 0.6) is 0 Å². The van der Waals surface area contributed by atoms with Crippen LogP contribution >= 0.6 is 0 Å². The van der Waals surface area contributed by atoms with E-state index >= 15 is 0 Å². The van der Waals surface area contributed by atoms with Gasteiger partial charge in [-0.2, -0.15) is 0 Å². The molecule has 4 aliphatic carbocycles. The van der Waals surface area contributed by atoms with Crippen LogP contribution in [0.4, 0.5) is 0 Å². The Morgan fingerprint density at radius 3 is 2.24 bits per heavy atom. The van der Waals surface area contributed by atoms with Gasteiger partial charge in [-0.05, 0) is 55.8 Å². The van der Waals surface area contributed by atoms with E-state index in [2.05, 4.69) is 4.90 Å². The summed E-state index contributed by atoms with van der Waals surface area (Å²) in [4.78, 5) is 14.5. The maximum absolute atomic E-state index is 12.2. The summed E-state index contributed by atoms with van der Waals surface area (Å²) in [6.45, 7) is 4.32. The number of esters is 1. The number of carbonyl (C=O) groups excluding carboxylic acids is 1. The number of ether oxygens (including phenoxy) is 2. The summed E-state index contributed by atoms with van der Waals surface area (Å²) in [6.07, 6.45) is 7.49. The Morgan fingerprint density at radius 1 is 1.00 bits per heavy atom. The monoisotopic (exact) mass is 293 g/mol. The van der Waals surface area contributed by atoms with Crippen LogP contribution in [-0.4, -0.2) is 49.8 Å². The Bertz CT molecular complexity index is 363. The van der Waals surface area contributed by atoms with Crippen LogP contribution in [0.1, 0.15) is 38.5 Å². The lowest BCUT2D eigenvalue weighted by Crippen LogP contribution is -2.50. The first-order chi connectivity index (χ1) is 10.3. The molecule has 1 saturated heterocycles. The third-order valence-electron chi connectivity index (χ3n) is 6.14. The van der Waals surface area contributed by atoms with Crippen LogP contribution in [-0.2, 0) is 14.3 Å². The summed E-state index contributed by atoms with van der Waals surface area (Å²) < 4.78 is 11.3. The summed E-state index contributed by atoms with van der Waals surface area (Å²) in [5.74, 6) is 3.26. The molecule has 0 aromatic carbocycles. The van der Waals surface area contributed by atoms with Gasteiger partial charge in [0.05, 0.1) is 19.6 Å². The van der Waals surface area contributed by atoms with Gasteiger partial charge >= 0.3 is 5.97 Å². The van der Waals surface area contributed by atoms with Crippen molar-refractivity contribution in [3.8, 4) is 0 Å². The molecule has 0 unspecified atom stereocenters. The lowest BCUT2D eigenvalue weighted by molar-refractivity contribution is -0.171. The predicted octanol–water partition coefficient (Wildman–Crippen LogP) is 2.08. The number of rotatable bonds is 4. The number of hydrogen-bond acceptors (Lipinski definition) is 4. The number of morpholine rings is 1. The molecule has 4 bridgehead atoms. The lowest BCUT2D eigenvalue weighted by atomic mass is 9.55. The zero-order valence-electron chi connectivity index (χ0n) is 12.8. The molecular formula is C17H27NO3. The molecule has 1 heterocycles. The largest absolute Gasteiger partial charge is 0.462 e. The van der Waals surface area contributed by atoms with Gasteiger partial charge < -0.3 is 9.47 Å². The predicted molar refractivity (Wildman–Crippen MR) is 78.8 cm³/mol. The number of nitrogens with zero attached hydrogens (tertiary/aromatic N) is 1. The van der Waals surface area contributed by atoms with Crippen molar-refractivity contribution in [2.45, 2.75) is 44.6 Å². The van der Waals surface area contributed by atoms with Crippen LogP contribution in [0.3, 0.4) is 0 Å². The highest BCUT2D eigenvalue weighted by atomic mass is 16.5. The fourth-order valence-electron chi connectivity index (χ4n) is 5.35. The zero-order chi connectivity index (χ0) is 14.2.